The van der Waals surface area contributed by atoms with Gasteiger partial charge in [-0.1, -0.05) is 37.6 Å². The molecule has 4 N–H and O–H groups in total. The monoisotopic (exact) mass is 363 g/mol. The average Bonchev–Trinajstić information content (AvgIpc) is 3.16. The fraction of sp³-hybridized carbons (Fsp3) is 0.300. The van der Waals surface area contributed by atoms with E-state index in [-0.39, 0.29) is 11.5 Å². The molecule has 3 heterocycles. The Labute approximate surface area is 157 Å². The van der Waals surface area contributed by atoms with Gasteiger partial charge in [0, 0.05) is 17.9 Å². The first-order chi connectivity index (χ1) is 13.1. The number of aromatic nitrogens is 2. The number of nitrogens with two attached hydrogens (primary N) is 1. The molecule has 7 heteroatoms. The lowest BCUT2D eigenvalue weighted by Crippen LogP contribution is -2.49. The van der Waals surface area contributed by atoms with E-state index in [1.165, 1.54) is 0 Å². The molecule has 27 heavy (non-hydrogen) atoms. The molecular weight excluding hydrogens is 342 g/mol. The number of nitrogens with zero attached hydrogens (tertiary/aromatic N) is 3. The summed E-state index contributed by atoms with van der Waals surface area (Å²) in [6, 6.07) is 9.84. The Kier molecular flexibility index (Phi) is 3.93. The number of nitriles is 1. The van der Waals surface area contributed by atoms with E-state index in [1.807, 2.05) is 29.2 Å². The van der Waals surface area contributed by atoms with E-state index in [1.54, 1.807) is 6.08 Å². The molecule has 0 radical (unpaired) electrons. The molecule has 0 bridgehead atoms. The van der Waals surface area contributed by atoms with Crippen LogP contribution in [0.25, 0.3) is 0 Å². The van der Waals surface area contributed by atoms with Crippen LogP contribution in [0.2, 0.25) is 0 Å². The van der Waals surface area contributed by atoms with Gasteiger partial charge in [-0.3, -0.25) is 5.10 Å². The summed E-state index contributed by atoms with van der Waals surface area (Å²) < 4.78 is 5.65. The van der Waals surface area contributed by atoms with Crippen molar-refractivity contribution < 1.29 is 9.84 Å². The molecule has 2 aliphatic heterocycles. The third-order valence-electron chi connectivity index (χ3n) is 5.31. The Balaban J connectivity index is 2.10. The second kappa shape index (κ2) is 6.18. The minimum atomic E-state index is -1.16. The van der Waals surface area contributed by atoms with Crippen molar-refractivity contribution in [3.05, 3.63) is 65.2 Å². The van der Waals surface area contributed by atoms with Crippen molar-refractivity contribution in [3.8, 4) is 11.9 Å². The average molecular weight is 363 g/mol. The van der Waals surface area contributed by atoms with Crippen molar-refractivity contribution in [2.24, 2.45) is 5.73 Å². The van der Waals surface area contributed by atoms with Crippen molar-refractivity contribution in [2.45, 2.75) is 31.4 Å². The maximum Gasteiger partial charge on any atom is 0.244 e. The highest BCUT2D eigenvalue weighted by Gasteiger charge is 2.60. The van der Waals surface area contributed by atoms with Gasteiger partial charge < -0.3 is 20.5 Å². The van der Waals surface area contributed by atoms with Crippen LogP contribution in [0.5, 0.6) is 5.88 Å². The lowest BCUT2D eigenvalue weighted by atomic mass is 9.68. The first-order valence-electron chi connectivity index (χ1n) is 8.92. The van der Waals surface area contributed by atoms with E-state index in [0.717, 1.165) is 23.4 Å². The van der Waals surface area contributed by atoms with Gasteiger partial charge in [-0.15, -0.1) is 11.7 Å². The van der Waals surface area contributed by atoms with Gasteiger partial charge in [0.1, 0.15) is 23.3 Å². The van der Waals surface area contributed by atoms with Crippen LogP contribution < -0.4 is 15.4 Å². The molecule has 0 saturated heterocycles. The predicted octanol–water partition coefficient (Wildman–Crippen LogP) is 2.06. The fourth-order valence-corrected chi connectivity index (χ4v) is 4.32. The number of H-pyrrole nitrogens is 1. The largest absolute Gasteiger partial charge is 0.420 e. The molecular formula is C20H21N5O2. The van der Waals surface area contributed by atoms with Crippen LogP contribution >= 0.6 is 0 Å². The number of benzene rings is 1. The van der Waals surface area contributed by atoms with Crippen molar-refractivity contribution in [2.75, 3.05) is 11.4 Å². The number of rotatable bonds is 4. The van der Waals surface area contributed by atoms with Gasteiger partial charge in [0.25, 0.3) is 0 Å². The maximum absolute atomic E-state index is 11.5. The number of hydrogen-bond donors (Lipinski definition) is 3. The third-order valence-corrected chi connectivity index (χ3v) is 5.31. The third kappa shape index (κ3) is 2.07. The summed E-state index contributed by atoms with van der Waals surface area (Å²) in [5.41, 5.74) is 8.30. The number of aliphatic hydroxyl groups excluding tert-OH is 1. The van der Waals surface area contributed by atoms with Crippen LogP contribution in [-0.4, -0.2) is 28.1 Å². The number of nitrogens with one attached hydrogen (secondary N) is 1. The highest BCUT2D eigenvalue weighted by atomic mass is 16.5. The van der Waals surface area contributed by atoms with Crippen molar-refractivity contribution in [1.29, 1.82) is 5.26 Å². The molecule has 1 aromatic heterocycles. The highest BCUT2D eigenvalue weighted by molar-refractivity contribution is 5.75. The molecule has 2 atom stereocenters. The molecule has 2 unspecified atom stereocenters. The summed E-state index contributed by atoms with van der Waals surface area (Å²) in [5, 5.41) is 28.8. The summed E-state index contributed by atoms with van der Waals surface area (Å²) in [7, 11) is 0. The molecule has 2 aliphatic rings. The molecule has 1 spiro atoms. The molecule has 2 aromatic rings. The zero-order valence-corrected chi connectivity index (χ0v) is 15.1. The van der Waals surface area contributed by atoms with Gasteiger partial charge in [-0.2, -0.15) is 5.26 Å². The van der Waals surface area contributed by atoms with Crippen LogP contribution in [0.3, 0.4) is 0 Å². The van der Waals surface area contributed by atoms with Crippen LogP contribution in [0.15, 0.2) is 48.4 Å². The van der Waals surface area contributed by atoms with Crippen LogP contribution in [0.1, 0.15) is 30.2 Å². The Hall–Kier alpha value is -3.24. The lowest BCUT2D eigenvalue weighted by molar-refractivity contribution is 0.123. The van der Waals surface area contributed by atoms with E-state index in [9.17, 15) is 10.4 Å². The Morgan fingerprint density at radius 1 is 1.52 bits per heavy atom. The molecule has 138 valence electrons. The Morgan fingerprint density at radius 2 is 2.30 bits per heavy atom. The number of aromatic amines is 1. The first-order valence-corrected chi connectivity index (χ1v) is 8.92. The highest BCUT2D eigenvalue weighted by Crippen LogP contribution is 2.57. The van der Waals surface area contributed by atoms with E-state index in [4.69, 9.17) is 10.5 Å². The minimum absolute atomic E-state index is 0.0335. The second-order valence-electron chi connectivity index (χ2n) is 6.73. The Bertz CT molecular complexity index is 986. The standard InChI is InChI=1S/C20H21N5O2/c1-3-7-14-16-18(24-23-14)27-17(22)13(11-21)20(16)12-8-5-6-9-15(12)25(10-4-2)19(20)26/h4-6,8-9,19,26H,2-3,7,10,22H2,1H3,(H,23,24). The van der Waals surface area contributed by atoms with Crippen LogP contribution in [0.4, 0.5) is 5.69 Å². The maximum atomic E-state index is 11.5. The molecule has 0 amide bonds. The summed E-state index contributed by atoms with van der Waals surface area (Å²) in [6.45, 7) is 6.29. The molecule has 7 nitrogen and oxygen atoms in total. The van der Waals surface area contributed by atoms with Gasteiger partial charge >= 0.3 is 0 Å². The quantitative estimate of drug-likeness (QED) is 0.717. The number of ether oxygens (including phenoxy) is 1. The summed E-state index contributed by atoms with van der Waals surface area (Å²) >= 11 is 0. The van der Waals surface area contributed by atoms with Crippen molar-refractivity contribution >= 4 is 5.69 Å². The summed E-state index contributed by atoms with van der Waals surface area (Å²) in [6.07, 6.45) is 2.26. The lowest BCUT2D eigenvalue weighted by Gasteiger charge is -2.38. The Morgan fingerprint density at radius 3 is 3.00 bits per heavy atom. The number of para-hydroxylation sites is 1. The summed E-state index contributed by atoms with van der Waals surface area (Å²) in [4.78, 5) is 1.82. The number of fused-ring (bicyclic) bond motifs is 4. The topological polar surface area (TPSA) is 111 Å². The first kappa shape index (κ1) is 17.2. The SMILES string of the molecule is C=CCN1c2ccccc2C2(C(C#N)=C(N)Oc3n[nH]c(CCC)c32)C1O. The van der Waals surface area contributed by atoms with E-state index in [2.05, 4.69) is 29.8 Å². The molecule has 0 fully saturated rings. The number of hydrogen-bond acceptors (Lipinski definition) is 6. The zero-order valence-electron chi connectivity index (χ0n) is 15.1. The smallest absolute Gasteiger partial charge is 0.244 e. The molecule has 4 rings (SSSR count). The second-order valence-corrected chi connectivity index (χ2v) is 6.73. The molecule has 0 aliphatic carbocycles. The van der Waals surface area contributed by atoms with E-state index in [0.29, 0.717) is 24.4 Å². The fourth-order valence-electron chi connectivity index (χ4n) is 4.32. The number of aliphatic hydroxyl groups is 1. The predicted molar refractivity (Wildman–Crippen MR) is 101 cm³/mol. The van der Waals surface area contributed by atoms with Gasteiger partial charge in [0.15, 0.2) is 0 Å². The minimum Gasteiger partial charge on any atom is -0.420 e. The normalized spacial score (nSPS) is 23.0. The van der Waals surface area contributed by atoms with E-state index >= 15 is 0 Å². The van der Waals surface area contributed by atoms with Gasteiger partial charge in [-0.05, 0) is 18.1 Å². The van der Waals surface area contributed by atoms with Gasteiger partial charge in [0.05, 0.1) is 5.56 Å². The van der Waals surface area contributed by atoms with E-state index < -0.39 is 11.6 Å². The van der Waals surface area contributed by atoms with Crippen LogP contribution in [-0.2, 0) is 11.8 Å². The number of aryl methyl sites for hydroxylation is 1. The van der Waals surface area contributed by atoms with Gasteiger partial charge in [0.2, 0.25) is 11.8 Å². The van der Waals surface area contributed by atoms with Crippen LogP contribution in [0, 0.1) is 11.3 Å². The zero-order chi connectivity index (χ0) is 19.2. The number of anilines is 1. The summed E-state index contributed by atoms with van der Waals surface area (Å²) in [5.74, 6) is 0.276. The van der Waals surface area contributed by atoms with Crippen molar-refractivity contribution in [1.82, 2.24) is 10.2 Å². The van der Waals surface area contributed by atoms with Crippen molar-refractivity contribution in [3.63, 3.8) is 0 Å². The van der Waals surface area contributed by atoms with Gasteiger partial charge in [-0.25, -0.2) is 0 Å². The molecule has 1 aromatic carbocycles. The molecule has 0 saturated carbocycles.